The van der Waals surface area contributed by atoms with Crippen molar-refractivity contribution in [2.75, 3.05) is 25.0 Å². The molecule has 1 aromatic rings. The first-order chi connectivity index (χ1) is 9.07. The molecule has 106 valence electrons. The third-order valence-electron chi connectivity index (χ3n) is 3.38. The number of benzene rings is 1. The lowest BCUT2D eigenvalue weighted by Crippen LogP contribution is -2.32. The molecule has 0 unspecified atom stereocenters. The molecule has 0 bridgehead atoms. The van der Waals surface area contributed by atoms with Gasteiger partial charge in [0.05, 0.1) is 4.90 Å². The second-order valence-electron chi connectivity index (χ2n) is 4.95. The molecule has 0 amide bonds. The molecule has 4 nitrogen and oxygen atoms in total. The van der Waals surface area contributed by atoms with Crippen molar-refractivity contribution in [1.82, 2.24) is 4.31 Å². The summed E-state index contributed by atoms with van der Waals surface area (Å²) in [7, 11) is -3.33. The van der Waals surface area contributed by atoms with Crippen molar-refractivity contribution in [3.63, 3.8) is 0 Å². The van der Waals surface area contributed by atoms with E-state index in [9.17, 15) is 8.42 Å². The fraction of sp³-hybridized carbons (Fsp3) is 0.571. The van der Waals surface area contributed by atoms with Crippen molar-refractivity contribution < 1.29 is 8.42 Å². The van der Waals surface area contributed by atoms with Crippen LogP contribution in [0.3, 0.4) is 0 Å². The van der Waals surface area contributed by atoms with Gasteiger partial charge in [0.25, 0.3) is 0 Å². The number of nitrogens with one attached hydrogen (secondary N) is 1. The van der Waals surface area contributed by atoms with Crippen LogP contribution in [0.25, 0.3) is 0 Å². The predicted molar refractivity (Wildman–Crippen MR) is 77.8 cm³/mol. The van der Waals surface area contributed by atoms with E-state index in [0.29, 0.717) is 23.9 Å². The average Bonchev–Trinajstić information content (AvgIpc) is 3.21. The van der Waals surface area contributed by atoms with Gasteiger partial charge in [0.15, 0.2) is 0 Å². The van der Waals surface area contributed by atoms with Crippen molar-refractivity contribution >= 4 is 15.7 Å². The van der Waals surface area contributed by atoms with Crippen LogP contribution in [-0.4, -0.2) is 32.4 Å². The molecule has 1 aliphatic carbocycles. The van der Waals surface area contributed by atoms with Gasteiger partial charge >= 0.3 is 0 Å². The standard InChI is InChI=1S/C14H22N2O2S/c1-3-15-13-7-9-14(10-8-13)19(17,18)16(4-2)11-12-5-6-12/h7-10,12,15H,3-6,11H2,1-2H3. The Balaban J connectivity index is 2.16. The van der Waals surface area contributed by atoms with Crippen LogP contribution in [-0.2, 0) is 10.0 Å². The average molecular weight is 282 g/mol. The highest BCUT2D eigenvalue weighted by molar-refractivity contribution is 7.89. The van der Waals surface area contributed by atoms with E-state index in [-0.39, 0.29) is 0 Å². The fourth-order valence-corrected chi connectivity index (χ4v) is 3.61. The van der Waals surface area contributed by atoms with E-state index in [0.717, 1.165) is 25.1 Å². The molecule has 1 N–H and O–H groups in total. The molecular formula is C14H22N2O2S. The van der Waals surface area contributed by atoms with Gasteiger partial charge in [-0.15, -0.1) is 0 Å². The summed E-state index contributed by atoms with van der Waals surface area (Å²) in [6, 6.07) is 7.01. The van der Waals surface area contributed by atoms with E-state index >= 15 is 0 Å². The highest BCUT2D eigenvalue weighted by atomic mass is 32.2. The Bertz CT molecular complexity index is 507. The lowest BCUT2D eigenvalue weighted by Gasteiger charge is -2.20. The van der Waals surface area contributed by atoms with E-state index in [1.807, 2.05) is 26.0 Å². The summed E-state index contributed by atoms with van der Waals surface area (Å²) in [5, 5.41) is 3.16. The third-order valence-corrected chi connectivity index (χ3v) is 5.34. The normalized spacial score (nSPS) is 15.7. The van der Waals surface area contributed by atoms with Crippen molar-refractivity contribution in [2.24, 2.45) is 5.92 Å². The Morgan fingerprint density at radius 2 is 1.84 bits per heavy atom. The first kappa shape index (κ1) is 14.3. The van der Waals surface area contributed by atoms with Crippen LogP contribution in [0.15, 0.2) is 29.2 Å². The number of nitrogens with zero attached hydrogens (tertiary/aromatic N) is 1. The molecule has 0 atom stereocenters. The summed E-state index contributed by atoms with van der Waals surface area (Å²) in [6.07, 6.45) is 2.32. The van der Waals surface area contributed by atoms with Gasteiger partial charge in [-0.3, -0.25) is 0 Å². The van der Waals surface area contributed by atoms with E-state index in [1.54, 1.807) is 16.4 Å². The second kappa shape index (κ2) is 5.92. The van der Waals surface area contributed by atoms with Gasteiger partial charge in [-0.2, -0.15) is 4.31 Å². The molecule has 1 fully saturated rings. The molecule has 0 aliphatic heterocycles. The lowest BCUT2D eigenvalue weighted by atomic mass is 10.3. The van der Waals surface area contributed by atoms with Crippen LogP contribution in [0, 0.1) is 5.92 Å². The molecule has 0 spiro atoms. The summed E-state index contributed by atoms with van der Waals surface area (Å²) in [4.78, 5) is 0.386. The van der Waals surface area contributed by atoms with Gasteiger partial charge in [0.2, 0.25) is 10.0 Å². The second-order valence-corrected chi connectivity index (χ2v) is 6.89. The van der Waals surface area contributed by atoms with Gasteiger partial charge in [-0.05, 0) is 49.9 Å². The number of anilines is 1. The lowest BCUT2D eigenvalue weighted by molar-refractivity contribution is 0.412. The summed E-state index contributed by atoms with van der Waals surface area (Å²) in [5.74, 6) is 0.566. The summed E-state index contributed by atoms with van der Waals surface area (Å²) >= 11 is 0. The molecule has 0 aromatic heterocycles. The molecule has 1 aromatic carbocycles. The Morgan fingerprint density at radius 1 is 1.21 bits per heavy atom. The Kier molecular flexibility index (Phi) is 4.47. The zero-order chi connectivity index (χ0) is 13.9. The maximum absolute atomic E-state index is 12.5. The first-order valence-electron chi connectivity index (χ1n) is 6.92. The zero-order valence-electron chi connectivity index (χ0n) is 11.6. The third kappa shape index (κ3) is 3.48. The van der Waals surface area contributed by atoms with Crippen molar-refractivity contribution in [2.45, 2.75) is 31.6 Å². The molecule has 0 saturated heterocycles. The Hall–Kier alpha value is -1.07. The van der Waals surface area contributed by atoms with Gasteiger partial charge in [0, 0.05) is 25.3 Å². The largest absolute Gasteiger partial charge is 0.385 e. The molecule has 0 radical (unpaired) electrons. The monoisotopic (exact) mass is 282 g/mol. The molecule has 1 saturated carbocycles. The summed E-state index contributed by atoms with van der Waals surface area (Å²) < 4.78 is 26.6. The number of sulfonamides is 1. The minimum Gasteiger partial charge on any atom is -0.385 e. The SMILES string of the molecule is CCNc1ccc(S(=O)(=O)N(CC)CC2CC2)cc1. The quantitative estimate of drug-likeness (QED) is 0.836. The van der Waals surface area contributed by atoms with Gasteiger partial charge in [-0.1, -0.05) is 6.92 Å². The smallest absolute Gasteiger partial charge is 0.243 e. The highest BCUT2D eigenvalue weighted by Gasteiger charge is 2.30. The Morgan fingerprint density at radius 3 is 2.32 bits per heavy atom. The van der Waals surface area contributed by atoms with Crippen molar-refractivity contribution in [3.8, 4) is 0 Å². The van der Waals surface area contributed by atoms with Crippen LogP contribution in [0.5, 0.6) is 0 Å². The first-order valence-corrected chi connectivity index (χ1v) is 8.36. The van der Waals surface area contributed by atoms with Crippen LogP contribution in [0.4, 0.5) is 5.69 Å². The molecule has 1 aliphatic rings. The molecular weight excluding hydrogens is 260 g/mol. The minimum atomic E-state index is -3.33. The van der Waals surface area contributed by atoms with E-state index in [2.05, 4.69) is 5.32 Å². The van der Waals surface area contributed by atoms with E-state index in [4.69, 9.17) is 0 Å². The number of hydrogen-bond donors (Lipinski definition) is 1. The molecule has 0 heterocycles. The molecule has 2 rings (SSSR count). The minimum absolute atomic E-state index is 0.386. The van der Waals surface area contributed by atoms with E-state index in [1.165, 1.54) is 0 Å². The van der Waals surface area contributed by atoms with Crippen LogP contribution < -0.4 is 5.32 Å². The van der Waals surface area contributed by atoms with Crippen LogP contribution in [0.2, 0.25) is 0 Å². The molecule has 19 heavy (non-hydrogen) atoms. The van der Waals surface area contributed by atoms with Crippen LogP contribution >= 0.6 is 0 Å². The number of hydrogen-bond acceptors (Lipinski definition) is 3. The Labute approximate surface area is 115 Å². The topological polar surface area (TPSA) is 49.4 Å². The van der Waals surface area contributed by atoms with Crippen molar-refractivity contribution in [3.05, 3.63) is 24.3 Å². The fourth-order valence-electron chi connectivity index (χ4n) is 2.08. The summed E-state index contributed by atoms with van der Waals surface area (Å²) in [6.45, 7) is 5.93. The van der Waals surface area contributed by atoms with Gasteiger partial charge in [0.1, 0.15) is 0 Å². The molecule has 5 heteroatoms. The van der Waals surface area contributed by atoms with Crippen molar-refractivity contribution in [1.29, 1.82) is 0 Å². The summed E-state index contributed by atoms with van der Waals surface area (Å²) in [5.41, 5.74) is 0.951. The maximum atomic E-state index is 12.5. The highest BCUT2D eigenvalue weighted by Crippen LogP contribution is 2.31. The van der Waals surface area contributed by atoms with E-state index < -0.39 is 10.0 Å². The maximum Gasteiger partial charge on any atom is 0.243 e. The zero-order valence-corrected chi connectivity index (χ0v) is 12.4. The number of rotatable bonds is 7. The van der Waals surface area contributed by atoms with Gasteiger partial charge < -0.3 is 5.32 Å². The van der Waals surface area contributed by atoms with Crippen LogP contribution in [0.1, 0.15) is 26.7 Å². The van der Waals surface area contributed by atoms with Gasteiger partial charge in [-0.25, -0.2) is 8.42 Å². The predicted octanol–water partition coefficient (Wildman–Crippen LogP) is 2.54.